The molecular formula is C32H49N3O5. The first-order chi connectivity index (χ1) is 19.2. The fraction of sp³-hybridized carbons (Fsp3) is 0.562. The zero-order chi connectivity index (χ0) is 29.5. The maximum Gasteiger partial charge on any atom is 0.256 e. The molecule has 0 radical (unpaired) electrons. The molecule has 222 valence electrons. The van der Waals surface area contributed by atoms with Gasteiger partial charge in [-0.05, 0) is 69.5 Å². The lowest BCUT2D eigenvalue weighted by atomic mass is 10.0. The minimum atomic E-state index is -0.646. The van der Waals surface area contributed by atoms with E-state index in [0.717, 1.165) is 42.8 Å². The predicted molar refractivity (Wildman–Crippen MR) is 160 cm³/mol. The van der Waals surface area contributed by atoms with Crippen LogP contribution in [0.25, 0.3) is 0 Å². The molecule has 1 N–H and O–H groups in total. The highest BCUT2D eigenvalue weighted by Crippen LogP contribution is 2.23. The van der Waals surface area contributed by atoms with Crippen LogP contribution in [0.1, 0.15) is 61.2 Å². The largest absolute Gasteiger partial charge is 0.493 e. The van der Waals surface area contributed by atoms with Gasteiger partial charge in [-0.25, -0.2) is 0 Å². The van der Waals surface area contributed by atoms with Gasteiger partial charge in [-0.2, -0.15) is 0 Å². The molecule has 0 spiro atoms. The van der Waals surface area contributed by atoms with Crippen molar-refractivity contribution in [1.82, 2.24) is 15.1 Å². The van der Waals surface area contributed by atoms with E-state index in [-0.39, 0.29) is 23.8 Å². The lowest BCUT2D eigenvalue weighted by molar-refractivity contribution is -0.141. The van der Waals surface area contributed by atoms with E-state index in [1.54, 1.807) is 19.1 Å². The lowest BCUT2D eigenvalue weighted by Crippen LogP contribution is -2.42. The number of methoxy groups -OCH3 is 2. The molecule has 40 heavy (non-hydrogen) atoms. The van der Waals surface area contributed by atoms with E-state index in [1.165, 1.54) is 0 Å². The van der Waals surface area contributed by atoms with Gasteiger partial charge >= 0.3 is 0 Å². The summed E-state index contributed by atoms with van der Waals surface area (Å²) in [7, 11) is 5.06. The Labute approximate surface area is 241 Å². The molecular weight excluding hydrogens is 506 g/mol. The zero-order valence-corrected chi connectivity index (χ0v) is 25.4. The van der Waals surface area contributed by atoms with Crippen LogP contribution in [0.15, 0.2) is 48.5 Å². The molecule has 0 aliphatic heterocycles. The first kappa shape index (κ1) is 33.3. The molecule has 0 aliphatic rings. The summed E-state index contributed by atoms with van der Waals surface area (Å²) in [6.45, 7) is 12.0. The molecule has 2 atom stereocenters. The van der Waals surface area contributed by atoms with Crippen molar-refractivity contribution < 1.29 is 23.8 Å². The molecule has 2 rings (SSSR count). The van der Waals surface area contributed by atoms with Crippen LogP contribution >= 0.6 is 0 Å². The van der Waals surface area contributed by atoms with Crippen molar-refractivity contribution in [2.75, 3.05) is 60.7 Å². The molecule has 2 aromatic rings. The summed E-state index contributed by atoms with van der Waals surface area (Å²) in [4.78, 5) is 30.6. The van der Waals surface area contributed by atoms with Gasteiger partial charge in [0, 0.05) is 59.0 Å². The van der Waals surface area contributed by atoms with Crippen LogP contribution in [-0.4, -0.2) is 88.3 Å². The molecule has 0 heterocycles. The summed E-state index contributed by atoms with van der Waals surface area (Å²) in [6.07, 6.45) is 0.892. The van der Waals surface area contributed by atoms with Crippen LogP contribution in [-0.2, 0) is 14.3 Å². The van der Waals surface area contributed by atoms with Gasteiger partial charge in [0.25, 0.3) is 11.8 Å². The third-order valence-corrected chi connectivity index (χ3v) is 7.00. The van der Waals surface area contributed by atoms with Gasteiger partial charge in [0.05, 0.1) is 6.61 Å². The van der Waals surface area contributed by atoms with Gasteiger partial charge < -0.3 is 29.3 Å². The van der Waals surface area contributed by atoms with Crippen LogP contribution in [0, 0.1) is 12.8 Å². The van der Waals surface area contributed by atoms with Crippen LogP contribution in [0.3, 0.4) is 0 Å². The van der Waals surface area contributed by atoms with E-state index < -0.39 is 6.10 Å². The Morgan fingerprint density at radius 3 is 2.38 bits per heavy atom. The second kappa shape index (κ2) is 17.7. The number of amides is 2. The molecule has 2 amide bonds. The minimum absolute atomic E-state index is 0.0214. The fourth-order valence-electron chi connectivity index (χ4n) is 4.65. The summed E-state index contributed by atoms with van der Waals surface area (Å²) in [6, 6.07) is 15.2. The number of likely N-dealkylation sites (N-methyl/N-ethyl adjacent to an activating group) is 1. The lowest BCUT2D eigenvalue weighted by Gasteiger charge is -2.31. The SMILES string of the molecule is CCNC[C@H](CCN(C(=O)c1ccc(C)c(OCCCOC)c1)C(C)C)CN(C)C(=O)[C@@H](OC)c1ccccc1. The van der Waals surface area contributed by atoms with Crippen molar-refractivity contribution in [3.63, 3.8) is 0 Å². The van der Waals surface area contributed by atoms with Gasteiger partial charge in [-0.15, -0.1) is 0 Å². The molecule has 0 saturated carbocycles. The third-order valence-electron chi connectivity index (χ3n) is 7.00. The first-order valence-corrected chi connectivity index (χ1v) is 14.3. The average molecular weight is 556 g/mol. The summed E-state index contributed by atoms with van der Waals surface area (Å²) in [5.41, 5.74) is 2.44. The predicted octanol–water partition coefficient (Wildman–Crippen LogP) is 4.72. The molecule has 0 aliphatic carbocycles. The molecule has 0 fully saturated rings. The van der Waals surface area contributed by atoms with Crippen molar-refractivity contribution in [3.05, 3.63) is 65.2 Å². The standard InChI is InChI=1S/C32H49N3O5/c1-8-33-22-26(23-34(5)32(37)30(39-7)27-13-10-9-11-14-27)17-18-35(24(2)3)31(36)28-16-15-25(4)29(21-28)40-20-12-19-38-6/h9-11,13-16,21,24,26,30,33H,8,12,17-20,22-23H2,1-7H3/t26-,30-/m0/s1. The molecule has 8 heteroatoms. The minimum Gasteiger partial charge on any atom is -0.493 e. The number of hydrogen-bond acceptors (Lipinski definition) is 6. The molecule has 0 aromatic heterocycles. The number of hydrogen-bond donors (Lipinski definition) is 1. The summed E-state index contributed by atoms with van der Waals surface area (Å²) < 4.78 is 16.6. The average Bonchev–Trinajstić information content (AvgIpc) is 2.95. The van der Waals surface area contributed by atoms with E-state index in [0.29, 0.717) is 31.9 Å². The monoisotopic (exact) mass is 555 g/mol. The van der Waals surface area contributed by atoms with E-state index in [4.69, 9.17) is 14.2 Å². The Hall–Kier alpha value is -2.94. The van der Waals surface area contributed by atoms with Gasteiger partial charge in [-0.3, -0.25) is 9.59 Å². The number of carbonyl (C=O) groups is 2. The number of nitrogens with zero attached hydrogens (tertiary/aromatic N) is 2. The fourth-order valence-corrected chi connectivity index (χ4v) is 4.65. The molecule has 0 saturated heterocycles. The Morgan fingerprint density at radius 2 is 1.75 bits per heavy atom. The maximum absolute atomic E-state index is 13.6. The first-order valence-electron chi connectivity index (χ1n) is 14.3. The number of carbonyl (C=O) groups excluding carboxylic acids is 2. The van der Waals surface area contributed by atoms with Gasteiger partial charge in [0.2, 0.25) is 0 Å². The van der Waals surface area contributed by atoms with Crippen LogP contribution in [0.2, 0.25) is 0 Å². The van der Waals surface area contributed by atoms with Gasteiger partial charge in [0.1, 0.15) is 5.75 Å². The smallest absolute Gasteiger partial charge is 0.256 e. The van der Waals surface area contributed by atoms with Crippen molar-refractivity contribution in [3.8, 4) is 5.75 Å². The van der Waals surface area contributed by atoms with Crippen molar-refractivity contribution >= 4 is 11.8 Å². The second-order valence-corrected chi connectivity index (χ2v) is 10.5. The van der Waals surface area contributed by atoms with Gasteiger partial charge in [0.15, 0.2) is 6.10 Å². The van der Waals surface area contributed by atoms with E-state index in [1.807, 2.05) is 81.2 Å². The highest BCUT2D eigenvalue weighted by atomic mass is 16.5. The quantitative estimate of drug-likeness (QED) is 0.268. The highest BCUT2D eigenvalue weighted by molar-refractivity contribution is 5.95. The molecule has 2 aromatic carbocycles. The Kier molecular flexibility index (Phi) is 14.7. The highest BCUT2D eigenvalue weighted by Gasteiger charge is 2.26. The van der Waals surface area contributed by atoms with E-state index in [2.05, 4.69) is 12.2 Å². The van der Waals surface area contributed by atoms with Crippen molar-refractivity contribution in [2.24, 2.45) is 5.92 Å². The van der Waals surface area contributed by atoms with Crippen molar-refractivity contribution in [1.29, 1.82) is 0 Å². The topological polar surface area (TPSA) is 80.3 Å². The van der Waals surface area contributed by atoms with E-state index in [9.17, 15) is 9.59 Å². The number of nitrogens with one attached hydrogen (secondary N) is 1. The van der Waals surface area contributed by atoms with Crippen molar-refractivity contribution in [2.45, 2.75) is 52.7 Å². The summed E-state index contributed by atoms with van der Waals surface area (Å²) >= 11 is 0. The molecule has 0 bridgehead atoms. The number of rotatable bonds is 18. The van der Waals surface area contributed by atoms with Gasteiger partial charge in [-0.1, -0.05) is 43.3 Å². The number of benzene rings is 2. The molecule has 0 unspecified atom stereocenters. The zero-order valence-electron chi connectivity index (χ0n) is 25.4. The number of aryl methyl sites for hydroxylation is 1. The Morgan fingerprint density at radius 1 is 1.02 bits per heavy atom. The summed E-state index contributed by atoms with van der Waals surface area (Å²) in [5, 5.41) is 3.43. The Bertz CT molecular complexity index is 1030. The second-order valence-electron chi connectivity index (χ2n) is 10.5. The normalized spacial score (nSPS) is 12.7. The van der Waals surface area contributed by atoms with Crippen LogP contribution in [0.4, 0.5) is 0 Å². The number of ether oxygens (including phenoxy) is 3. The van der Waals surface area contributed by atoms with E-state index >= 15 is 0 Å². The third kappa shape index (κ3) is 10.2. The summed E-state index contributed by atoms with van der Waals surface area (Å²) in [5.74, 6) is 0.785. The maximum atomic E-state index is 13.6. The Balaban J connectivity index is 2.10. The van der Waals surface area contributed by atoms with Crippen LogP contribution < -0.4 is 10.1 Å². The molecule has 8 nitrogen and oxygen atoms in total. The van der Waals surface area contributed by atoms with Crippen LogP contribution in [0.5, 0.6) is 5.75 Å².